The Hall–Kier alpha value is -0.330. The Morgan fingerprint density at radius 2 is 1.95 bits per heavy atom. The number of hydrogen-bond donors (Lipinski definition) is 1. The normalized spacial score (nSPS) is 16.4. The molecule has 0 saturated heterocycles. The van der Waals surface area contributed by atoms with Crippen LogP contribution in [0.4, 0.5) is 0 Å². The summed E-state index contributed by atoms with van der Waals surface area (Å²) in [5.74, 6) is -0.755. The smallest absolute Gasteiger partial charge is 1.00 e. The molecule has 0 bridgehead atoms. The van der Waals surface area contributed by atoms with Crippen molar-refractivity contribution in [1.82, 2.24) is 0 Å². The van der Waals surface area contributed by atoms with Gasteiger partial charge in [0, 0.05) is 6.26 Å². The minimum atomic E-state index is -3.42. The summed E-state index contributed by atoms with van der Waals surface area (Å²) < 4.78 is 23.1. The average molecular weight is 353 g/mol. The molecule has 1 saturated carbocycles. The first-order chi connectivity index (χ1) is 9.79. The van der Waals surface area contributed by atoms with Gasteiger partial charge in [-0.1, -0.05) is 36.6 Å². The molecule has 4 nitrogen and oxygen atoms in total. The minimum absolute atomic E-state index is 0. The van der Waals surface area contributed by atoms with Crippen molar-refractivity contribution in [2.45, 2.75) is 30.6 Å². The third-order valence-electron chi connectivity index (χ3n) is 3.67. The second-order valence-corrected chi connectivity index (χ2v) is 7.74. The van der Waals surface area contributed by atoms with Crippen molar-refractivity contribution in [2.24, 2.45) is 5.92 Å². The summed E-state index contributed by atoms with van der Waals surface area (Å²) in [5.41, 5.74) is 0.621. The number of benzene rings is 1. The van der Waals surface area contributed by atoms with Crippen molar-refractivity contribution in [3.63, 3.8) is 0 Å². The molecule has 22 heavy (non-hydrogen) atoms. The van der Waals surface area contributed by atoms with E-state index in [1.165, 1.54) is 18.2 Å². The van der Waals surface area contributed by atoms with Gasteiger partial charge < -0.3 is 6.53 Å². The molecular formula is C15H18ClNaO4S. The molecule has 116 valence electrons. The molecule has 0 aliphatic heterocycles. The van der Waals surface area contributed by atoms with E-state index in [0.717, 1.165) is 31.9 Å². The minimum Gasteiger partial charge on any atom is -1.00 e. The molecule has 0 unspecified atom stereocenters. The largest absolute Gasteiger partial charge is 1.00 e. The summed E-state index contributed by atoms with van der Waals surface area (Å²) in [7, 11) is -3.42. The third kappa shape index (κ3) is 4.83. The molecule has 1 aliphatic carbocycles. The van der Waals surface area contributed by atoms with Crippen LogP contribution in [0.5, 0.6) is 0 Å². The number of carbonyl (C=O) groups is 1. The van der Waals surface area contributed by atoms with Gasteiger partial charge in [-0.25, -0.2) is 13.2 Å². The fraction of sp³-hybridized carbons (Fsp3) is 0.400. The van der Waals surface area contributed by atoms with Gasteiger partial charge in [0.1, 0.15) is 0 Å². The molecule has 0 atom stereocenters. The van der Waals surface area contributed by atoms with E-state index in [9.17, 15) is 18.3 Å². The molecule has 2 rings (SSSR count). The fourth-order valence-electron chi connectivity index (χ4n) is 2.62. The molecular weight excluding hydrogens is 335 g/mol. The van der Waals surface area contributed by atoms with E-state index in [-0.39, 0.29) is 52.4 Å². The molecule has 0 amide bonds. The quantitative estimate of drug-likeness (QED) is 0.633. The van der Waals surface area contributed by atoms with Crippen LogP contribution in [0.15, 0.2) is 29.2 Å². The predicted molar refractivity (Wildman–Crippen MR) is 83.2 cm³/mol. The summed E-state index contributed by atoms with van der Waals surface area (Å²) in [5, 5.41) is 9.43. The monoisotopic (exact) mass is 352 g/mol. The molecule has 0 heterocycles. The Labute approximate surface area is 159 Å². The van der Waals surface area contributed by atoms with Gasteiger partial charge in [-0.3, -0.25) is 0 Å². The van der Waals surface area contributed by atoms with Crippen LogP contribution >= 0.6 is 11.6 Å². The Morgan fingerprint density at radius 3 is 2.41 bits per heavy atom. The van der Waals surface area contributed by atoms with Gasteiger partial charge in [0.05, 0.1) is 15.5 Å². The number of carboxylic acid groups (broad SMARTS) is 1. The summed E-state index contributed by atoms with van der Waals surface area (Å²) in [4.78, 5) is 11.5. The fourth-order valence-corrected chi connectivity index (χ4v) is 3.95. The zero-order valence-corrected chi connectivity index (χ0v) is 16.2. The van der Waals surface area contributed by atoms with Gasteiger partial charge in [-0.2, -0.15) is 0 Å². The molecule has 1 N–H and O–H groups in total. The van der Waals surface area contributed by atoms with E-state index < -0.39 is 15.8 Å². The van der Waals surface area contributed by atoms with Gasteiger partial charge in [0.2, 0.25) is 0 Å². The first kappa shape index (κ1) is 19.7. The van der Waals surface area contributed by atoms with Crippen LogP contribution < -0.4 is 29.6 Å². The van der Waals surface area contributed by atoms with Crippen molar-refractivity contribution < 1.29 is 49.3 Å². The van der Waals surface area contributed by atoms with Gasteiger partial charge in [-0.05, 0) is 36.5 Å². The van der Waals surface area contributed by atoms with Crippen molar-refractivity contribution in [2.75, 3.05) is 6.26 Å². The van der Waals surface area contributed by atoms with Gasteiger partial charge in [0.25, 0.3) is 0 Å². The zero-order chi connectivity index (χ0) is 15.6. The van der Waals surface area contributed by atoms with Crippen LogP contribution in [0.25, 0.3) is 5.57 Å². The average Bonchev–Trinajstić information content (AvgIpc) is 2.86. The standard InChI is InChI=1S/C15H17ClO4S.Na.H/c1-21(19,20)14-7-6-11(9-13(14)16)12(15(17)18)8-10-4-2-3-5-10;;/h6-10H,2-5H2,1H3,(H,17,18);;/q;+1;-1/b12-8+;;. The van der Waals surface area contributed by atoms with Crippen molar-refractivity contribution in [3.8, 4) is 0 Å². The van der Waals surface area contributed by atoms with Crippen LogP contribution in [-0.4, -0.2) is 25.7 Å². The third-order valence-corrected chi connectivity index (χ3v) is 5.25. The van der Waals surface area contributed by atoms with Gasteiger partial charge >= 0.3 is 35.5 Å². The number of aliphatic carboxylic acids is 1. The number of allylic oxidation sites excluding steroid dienone is 1. The van der Waals surface area contributed by atoms with Crippen LogP contribution in [0, 0.1) is 5.92 Å². The van der Waals surface area contributed by atoms with Crippen LogP contribution in [0.3, 0.4) is 0 Å². The molecule has 7 heteroatoms. The van der Waals surface area contributed by atoms with Crippen LogP contribution in [0.1, 0.15) is 32.7 Å². The Bertz CT molecular complexity index is 697. The first-order valence-electron chi connectivity index (χ1n) is 6.74. The van der Waals surface area contributed by atoms with E-state index in [0.29, 0.717) is 5.56 Å². The maximum atomic E-state index is 11.5. The first-order valence-corrected chi connectivity index (χ1v) is 9.01. The molecule has 0 spiro atoms. The molecule has 1 aromatic rings. The molecule has 1 fully saturated rings. The van der Waals surface area contributed by atoms with Crippen LogP contribution in [0.2, 0.25) is 5.02 Å². The van der Waals surface area contributed by atoms with E-state index in [2.05, 4.69) is 0 Å². The van der Waals surface area contributed by atoms with Crippen molar-refractivity contribution >= 4 is 33.0 Å². The summed E-state index contributed by atoms with van der Waals surface area (Å²) in [6.07, 6.45) is 7.04. The van der Waals surface area contributed by atoms with E-state index in [1.54, 1.807) is 6.08 Å². The van der Waals surface area contributed by atoms with Crippen molar-refractivity contribution in [3.05, 3.63) is 34.9 Å². The summed E-state index contributed by atoms with van der Waals surface area (Å²) in [6, 6.07) is 4.27. The van der Waals surface area contributed by atoms with Crippen molar-refractivity contribution in [1.29, 1.82) is 0 Å². The summed E-state index contributed by atoms with van der Waals surface area (Å²) in [6.45, 7) is 0. The van der Waals surface area contributed by atoms with Gasteiger partial charge in [-0.15, -0.1) is 0 Å². The Morgan fingerprint density at radius 1 is 1.36 bits per heavy atom. The van der Waals surface area contributed by atoms with E-state index in [1.807, 2.05) is 0 Å². The number of halogens is 1. The second-order valence-electron chi connectivity index (χ2n) is 5.35. The number of hydrogen-bond acceptors (Lipinski definition) is 3. The van der Waals surface area contributed by atoms with E-state index >= 15 is 0 Å². The molecule has 1 aromatic carbocycles. The molecule has 0 aromatic heterocycles. The van der Waals surface area contributed by atoms with Gasteiger partial charge in [0.15, 0.2) is 9.84 Å². The van der Waals surface area contributed by atoms with Crippen LogP contribution in [-0.2, 0) is 14.6 Å². The number of sulfone groups is 1. The molecule has 1 aliphatic rings. The zero-order valence-electron chi connectivity index (χ0n) is 13.7. The number of carboxylic acids is 1. The Balaban J connectivity index is 0.00000242. The number of rotatable bonds is 4. The topological polar surface area (TPSA) is 71.4 Å². The molecule has 0 radical (unpaired) electrons. The Kier molecular flexibility index (Phi) is 7.15. The van der Waals surface area contributed by atoms with E-state index in [4.69, 9.17) is 11.6 Å². The SMILES string of the molecule is CS(=O)(=O)c1ccc(/C(=C\C2CCCC2)C(=O)O)cc1Cl.[H-].[Na+]. The maximum absolute atomic E-state index is 11.5. The predicted octanol–water partition coefficient (Wildman–Crippen LogP) is 0.518. The summed E-state index contributed by atoms with van der Waals surface area (Å²) >= 11 is 5.98. The maximum Gasteiger partial charge on any atom is 1.00 e. The second kappa shape index (κ2) is 7.97.